The van der Waals surface area contributed by atoms with Crippen LogP contribution in [0.2, 0.25) is 0 Å². The molecule has 192 valence electrons. The number of hydrogen-bond donors (Lipinski definition) is 3. The molecule has 7 nitrogen and oxygen atoms in total. The summed E-state index contributed by atoms with van der Waals surface area (Å²) in [5, 5.41) is 3.18. The summed E-state index contributed by atoms with van der Waals surface area (Å²) in [6.45, 7) is 0.785. The van der Waals surface area contributed by atoms with E-state index in [2.05, 4.69) is 20.0 Å². The van der Waals surface area contributed by atoms with E-state index in [-0.39, 0.29) is 22.8 Å². The number of benzene rings is 2. The van der Waals surface area contributed by atoms with Crippen molar-refractivity contribution in [1.82, 2.24) is 20.0 Å². The quantitative estimate of drug-likeness (QED) is 0.384. The Balaban J connectivity index is 1.15. The summed E-state index contributed by atoms with van der Waals surface area (Å²) < 4.78 is 29.1. The normalized spacial score (nSPS) is 21.8. The van der Waals surface area contributed by atoms with Gasteiger partial charge in [0.15, 0.2) is 0 Å². The molecule has 2 fully saturated rings. The predicted octanol–water partition coefficient (Wildman–Crippen LogP) is 5.15. The van der Waals surface area contributed by atoms with Gasteiger partial charge in [-0.3, -0.25) is 4.79 Å². The highest BCUT2D eigenvalue weighted by molar-refractivity contribution is 7.89. The number of hydrogen-bond acceptors (Lipinski definition) is 4. The molecule has 3 N–H and O–H groups in total. The maximum atomic E-state index is 13.1. The van der Waals surface area contributed by atoms with E-state index in [1.807, 2.05) is 30.3 Å². The van der Waals surface area contributed by atoms with E-state index in [4.69, 9.17) is 0 Å². The van der Waals surface area contributed by atoms with Crippen LogP contribution >= 0.6 is 0 Å². The van der Waals surface area contributed by atoms with E-state index >= 15 is 0 Å². The molecule has 0 saturated heterocycles. The number of imidazole rings is 1. The SMILES string of the molecule is O=C(NCC1CCCCCC1)C1CCC(NS(=O)(=O)c2ccc3nc(-c4ccccc4)[nH]c3c2)CC1. The first-order valence-electron chi connectivity index (χ1n) is 13.3. The molecule has 0 radical (unpaired) electrons. The first-order chi connectivity index (χ1) is 17.5. The molecule has 8 heteroatoms. The largest absolute Gasteiger partial charge is 0.356 e. The van der Waals surface area contributed by atoms with Crippen LogP contribution in [-0.4, -0.2) is 36.9 Å². The molecule has 0 spiro atoms. The average molecular weight is 509 g/mol. The first kappa shape index (κ1) is 25.0. The minimum Gasteiger partial charge on any atom is -0.356 e. The van der Waals surface area contributed by atoms with Crippen molar-refractivity contribution in [3.8, 4) is 11.4 Å². The maximum Gasteiger partial charge on any atom is 0.240 e. The van der Waals surface area contributed by atoms with Crippen molar-refractivity contribution in [2.75, 3.05) is 6.54 Å². The summed E-state index contributed by atoms with van der Waals surface area (Å²) in [6.07, 6.45) is 10.4. The summed E-state index contributed by atoms with van der Waals surface area (Å²) in [7, 11) is -3.67. The van der Waals surface area contributed by atoms with E-state index in [0.29, 0.717) is 42.9 Å². The molecule has 3 aromatic rings. The molecule has 5 rings (SSSR count). The first-order valence-corrected chi connectivity index (χ1v) is 14.8. The van der Waals surface area contributed by atoms with Crippen molar-refractivity contribution < 1.29 is 13.2 Å². The van der Waals surface area contributed by atoms with E-state index in [1.165, 1.54) is 38.5 Å². The average Bonchev–Trinajstić information content (AvgIpc) is 3.15. The Kier molecular flexibility index (Phi) is 7.72. The van der Waals surface area contributed by atoms with Crippen molar-refractivity contribution in [2.24, 2.45) is 11.8 Å². The van der Waals surface area contributed by atoms with Gasteiger partial charge >= 0.3 is 0 Å². The zero-order valence-corrected chi connectivity index (χ0v) is 21.5. The van der Waals surface area contributed by atoms with Crippen LogP contribution in [0, 0.1) is 11.8 Å². The lowest BCUT2D eigenvalue weighted by Crippen LogP contribution is -2.41. The van der Waals surface area contributed by atoms with Crippen LogP contribution in [0.4, 0.5) is 0 Å². The van der Waals surface area contributed by atoms with E-state index < -0.39 is 10.0 Å². The lowest BCUT2D eigenvalue weighted by molar-refractivity contribution is -0.126. The second-order valence-corrected chi connectivity index (χ2v) is 12.1. The van der Waals surface area contributed by atoms with Crippen LogP contribution < -0.4 is 10.0 Å². The highest BCUT2D eigenvalue weighted by atomic mass is 32.2. The molecule has 36 heavy (non-hydrogen) atoms. The van der Waals surface area contributed by atoms with Gasteiger partial charge in [0, 0.05) is 24.1 Å². The zero-order valence-electron chi connectivity index (χ0n) is 20.7. The van der Waals surface area contributed by atoms with Crippen molar-refractivity contribution in [1.29, 1.82) is 0 Å². The Morgan fingerprint density at radius 1 is 0.917 bits per heavy atom. The summed E-state index contributed by atoms with van der Waals surface area (Å²) in [5.41, 5.74) is 2.36. The molecule has 0 unspecified atom stereocenters. The van der Waals surface area contributed by atoms with Gasteiger partial charge in [-0.25, -0.2) is 18.1 Å². The predicted molar refractivity (Wildman–Crippen MR) is 142 cm³/mol. The minimum atomic E-state index is -3.67. The maximum absolute atomic E-state index is 13.1. The van der Waals surface area contributed by atoms with Gasteiger partial charge in [0.25, 0.3) is 0 Å². The van der Waals surface area contributed by atoms with Gasteiger partial charge in [0.2, 0.25) is 15.9 Å². The van der Waals surface area contributed by atoms with Crippen LogP contribution in [-0.2, 0) is 14.8 Å². The van der Waals surface area contributed by atoms with E-state index in [1.54, 1.807) is 18.2 Å². The molecule has 0 atom stereocenters. The number of H-pyrrole nitrogens is 1. The monoisotopic (exact) mass is 508 g/mol. The third-order valence-electron chi connectivity index (χ3n) is 7.77. The van der Waals surface area contributed by atoms with Gasteiger partial charge in [0.05, 0.1) is 15.9 Å². The fraction of sp³-hybridized carbons (Fsp3) is 0.500. The fourth-order valence-corrected chi connectivity index (χ4v) is 6.94. The number of carbonyl (C=O) groups excluding carboxylic acids is 1. The smallest absolute Gasteiger partial charge is 0.240 e. The lowest BCUT2D eigenvalue weighted by Gasteiger charge is -2.28. The Labute approximate surface area is 213 Å². The molecule has 2 aliphatic carbocycles. The number of fused-ring (bicyclic) bond motifs is 1. The molecule has 0 aliphatic heterocycles. The molecule has 0 bridgehead atoms. The molecule has 2 aromatic carbocycles. The Bertz CT molecular complexity index is 1270. The van der Waals surface area contributed by atoms with Crippen molar-refractivity contribution in [3.63, 3.8) is 0 Å². The Morgan fingerprint density at radius 2 is 1.64 bits per heavy atom. The number of nitrogens with zero attached hydrogens (tertiary/aromatic N) is 1. The number of aromatic nitrogens is 2. The van der Waals surface area contributed by atoms with Gasteiger partial charge < -0.3 is 10.3 Å². The minimum absolute atomic E-state index is 0.0192. The highest BCUT2D eigenvalue weighted by Gasteiger charge is 2.29. The molecular formula is C28H36N4O3S. The summed E-state index contributed by atoms with van der Waals surface area (Å²) in [6, 6.07) is 14.6. The standard InChI is InChI=1S/C28H36N4O3S/c33-28(29-19-20-8-4-1-2-5-9-20)22-12-14-23(15-13-22)32-36(34,35)24-16-17-25-26(18-24)31-27(30-25)21-10-6-3-7-11-21/h3,6-7,10-11,16-18,20,22-23,32H,1-2,4-5,8-9,12-15,19H2,(H,29,33)(H,30,31). The van der Waals surface area contributed by atoms with Crippen LogP contribution in [0.5, 0.6) is 0 Å². The molecule has 2 aliphatic rings. The van der Waals surface area contributed by atoms with Gasteiger partial charge in [-0.1, -0.05) is 56.0 Å². The van der Waals surface area contributed by atoms with Crippen LogP contribution in [0.3, 0.4) is 0 Å². The number of amides is 1. The molecule has 2 saturated carbocycles. The van der Waals surface area contributed by atoms with E-state index in [0.717, 1.165) is 17.6 Å². The molecular weight excluding hydrogens is 472 g/mol. The Morgan fingerprint density at radius 3 is 2.36 bits per heavy atom. The van der Waals surface area contributed by atoms with Crippen molar-refractivity contribution in [2.45, 2.75) is 75.1 Å². The summed E-state index contributed by atoms with van der Waals surface area (Å²) in [5.74, 6) is 1.44. The highest BCUT2D eigenvalue weighted by Crippen LogP contribution is 2.28. The lowest BCUT2D eigenvalue weighted by atomic mass is 9.86. The van der Waals surface area contributed by atoms with Crippen LogP contribution in [0.15, 0.2) is 53.4 Å². The topological polar surface area (TPSA) is 104 Å². The molecule has 1 heterocycles. The third kappa shape index (κ3) is 5.98. The van der Waals surface area contributed by atoms with Crippen LogP contribution in [0.1, 0.15) is 64.2 Å². The summed E-state index contributed by atoms with van der Waals surface area (Å²) >= 11 is 0. The second kappa shape index (κ2) is 11.1. The van der Waals surface area contributed by atoms with E-state index in [9.17, 15) is 13.2 Å². The second-order valence-electron chi connectivity index (χ2n) is 10.4. The third-order valence-corrected chi connectivity index (χ3v) is 9.29. The van der Waals surface area contributed by atoms with Gasteiger partial charge in [-0.2, -0.15) is 0 Å². The Hall–Kier alpha value is -2.71. The molecule has 1 aromatic heterocycles. The van der Waals surface area contributed by atoms with Crippen LogP contribution in [0.25, 0.3) is 22.4 Å². The number of nitrogens with one attached hydrogen (secondary N) is 3. The van der Waals surface area contributed by atoms with Gasteiger partial charge in [-0.15, -0.1) is 0 Å². The summed E-state index contributed by atoms with van der Waals surface area (Å²) in [4.78, 5) is 20.8. The fourth-order valence-electron chi connectivity index (χ4n) is 5.61. The van der Waals surface area contributed by atoms with Gasteiger partial charge in [-0.05, 0) is 62.6 Å². The van der Waals surface area contributed by atoms with Crippen molar-refractivity contribution in [3.05, 3.63) is 48.5 Å². The number of rotatable bonds is 7. The number of aromatic amines is 1. The number of carbonyl (C=O) groups is 1. The molecule has 1 amide bonds. The van der Waals surface area contributed by atoms with Crippen molar-refractivity contribution >= 4 is 27.0 Å². The zero-order chi connectivity index (χ0) is 25.0. The van der Waals surface area contributed by atoms with Gasteiger partial charge in [0.1, 0.15) is 5.82 Å². The number of sulfonamides is 1.